The van der Waals surface area contributed by atoms with Gasteiger partial charge in [-0.05, 0) is 42.7 Å². The average Bonchev–Trinajstić information content (AvgIpc) is 2.98. The summed E-state index contributed by atoms with van der Waals surface area (Å²) in [5.41, 5.74) is 1.63. The number of benzene rings is 2. The summed E-state index contributed by atoms with van der Waals surface area (Å²) < 4.78 is 0. The zero-order valence-corrected chi connectivity index (χ0v) is 12.6. The van der Waals surface area contributed by atoms with Crippen molar-refractivity contribution in [3.8, 4) is 0 Å². The number of carbonyl (C=O) groups excluding carboxylic acids is 1. The first-order chi connectivity index (χ1) is 10.2. The first kappa shape index (κ1) is 14.2. The Labute approximate surface area is 130 Å². The van der Waals surface area contributed by atoms with Gasteiger partial charge in [-0.25, -0.2) is 0 Å². The Balaban J connectivity index is 1.86. The molecular weight excluding hydrogens is 282 g/mol. The molecule has 1 amide bonds. The van der Waals surface area contributed by atoms with E-state index in [-0.39, 0.29) is 11.4 Å². The third kappa shape index (κ3) is 2.96. The normalized spacial score (nSPS) is 16.6. The van der Waals surface area contributed by atoms with Gasteiger partial charge in [-0.1, -0.05) is 54.8 Å². The van der Waals surface area contributed by atoms with Crippen LogP contribution < -0.4 is 5.32 Å². The lowest BCUT2D eigenvalue weighted by atomic mass is 9.88. The van der Waals surface area contributed by atoms with Crippen molar-refractivity contribution in [3.63, 3.8) is 0 Å². The Morgan fingerprint density at radius 2 is 1.57 bits per heavy atom. The van der Waals surface area contributed by atoms with Gasteiger partial charge in [0.2, 0.25) is 0 Å². The van der Waals surface area contributed by atoms with Crippen LogP contribution in [0.2, 0.25) is 5.02 Å². The van der Waals surface area contributed by atoms with E-state index in [4.69, 9.17) is 11.6 Å². The Kier molecular flexibility index (Phi) is 3.98. The first-order valence-corrected chi connectivity index (χ1v) is 7.71. The number of rotatable bonds is 3. The molecule has 0 radical (unpaired) electrons. The maximum atomic E-state index is 12.5. The van der Waals surface area contributed by atoms with Crippen molar-refractivity contribution in [2.24, 2.45) is 0 Å². The molecule has 0 bridgehead atoms. The second-order valence-electron chi connectivity index (χ2n) is 5.62. The molecule has 0 saturated heterocycles. The summed E-state index contributed by atoms with van der Waals surface area (Å²) in [7, 11) is 0. The zero-order chi connectivity index (χ0) is 14.7. The topological polar surface area (TPSA) is 29.1 Å². The fourth-order valence-corrected chi connectivity index (χ4v) is 3.24. The van der Waals surface area contributed by atoms with E-state index < -0.39 is 0 Å². The zero-order valence-electron chi connectivity index (χ0n) is 11.8. The lowest BCUT2D eigenvalue weighted by Gasteiger charge is -2.31. The standard InChI is InChI=1S/C18H18ClNO/c19-16-10-8-14(9-11-16)17(21)20-18(12-4-5-13-18)15-6-2-1-3-7-15/h1-3,6-11H,4-5,12-13H2,(H,20,21). The molecule has 0 atom stereocenters. The maximum Gasteiger partial charge on any atom is 0.251 e. The van der Waals surface area contributed by atoms with Crippen molar-refractivity contribution in [2.75, 3.05) is 0 Å². The van der Waals surface area contributed by atoms with E-state index in [0.717, 1.165) is 25.7 Å². The SMILES string of the molecule is O=C(NC1(c2ccccc2)CCCC1)c1ccc(Cl)cc1. The van der Waals surface area contributed by atoms with Crippen molar-refractivity contribution in [1.82, 2.24) is 5.32 Å². The summed E-state index contributed by atoms with van der Waals surface area (Å²) >= 11 is 5.88. The third-order valence-corrected chi connectivity index (χ3v) is 4.49. The summed E-state index contributed by atoms with van der Waals surface area (Å²) in [6.07, 6.45) is 4.29. The van der Waals surface area contributed by atoms with Crippen LogP contribution in [-0.2, 0) is 5.54 Å². The van der Waals surface area contributed by atoms with Gasteiger partial charge in [-0.2, -0.15) is 0 Å². The highest BCUT2D eigenvalue weighted by molar-refractivity contribution is 6.30. The van der Waals surface area contributed by atoms with Gasteiger partial charge in [0.05, 0.1) is 5.54 Å². The van der Waals surface area contributed by atoms with Crippen molar-refractivity contribution in [3.05, 3.63) is 70.7 Å². The molecule has 1 fully saturated rings. The van der Waals surface area contributed by atoms with E-state index in [1.807, 2.05) is 18.2 Å². The van der Waals surface area contributed by atoms with E-state index in [9.17, 15) is 4.79 Å². The fraction of sp³-hybridized carbons (Fsp3) is 0.278. The van der Waals surface area contributed by atoms with Crippen LogP contribution in [0.3, 0.4) is 0 Å². The minimum Gasteiger partial charge on any atom is -0.343 e. The Bertz CT molecular complexity index is 615. The van der Waals surface area contributed by atoms with Crippen molar-refractivity contribution >= 4 is 17.5 Å². The Morgan fingerprint density at radius 3 is 2.19 bits per heavy atom. The molecule has 1 aliphatic carbocycles. The summed E-state index contributed by atoms with van der Waals surface area (Å²) in [5, 5.41) is 3.91. The number of carbonyl (C=O) groups is 1. The average molecular weight is 300 g/mol. The first-order valence-electron chi connectivity index (χ1n) is 7.33. The van der Waals surface area contributed by atoms with E-state index in [0.29, 0.717) is 10.6 Å². The van der Waals surface area contributed by atoms with Crippen LogP contribution >= 0.6 is 11.6 Å². The van der Waals surface area contributed by atoms with Gasteiger partial charge >= 0.3 is 0 Å². The second-order valence-corrected chi connectivity index (χ2v) is 6.05. The van der Waals surface area contributed by atoms with Gasteiger partial charge < -0.3 is 5.32 Å². The molecule has 3 heteroatoms. The number of amides is 1. The van der Waals surface area contributed by atoms with Crippen LogP contribution in [0, 0.1) is 0 Å². The van der Waals surface area contributed by atoms with Crippen LogP contribution in [0.15, 0.2) is 54.6 Å². The smallest absolute Gasteiger partial charge is 0.251 e. The summed E-state index contributed by atoms with van der Waals surface area (Å²) in [4.78, 5) is 12.5. The van der Waals surface area contributed by atoms with Crippen molar-refractivity contribution in [2.45, 2.75) is 31.2 Å². The van der Waals surface area contributed by atoms with Gasteiger partial charge in [0, 0.05) is 10.6 Å². The minimum absolute atomic E-state index is 0.0302. The van der Waals surface area contributed by atoms with Gasteiger partial charge in [-0.15, -0.1) is 0 Å². The Hall–Kier alpha value is -1.80. The maximum absolute atomic E-state index is 12.5. The highest BCUT2D eigenvalue weighted by atomic mass is 35.5. The molecule has 21 heavy (non-hydrogen) atoms. The third-order valence-electron chi connectivity index (χ3n) is 4.24. The number of nitrogens with one attached hydrogen (secondary N) is 1. The van der Waals surface area contributed by atoms with Gasteiger partial charge in [0.15, 0.2) is 0 Å². The van der Waals surface area contributed by atoms with E-state index >= 15 is 0 Å². The molecule has 2 aromatic rings. The molecular formula is C18H18ClNO. The van der Waals surface area contributed by atoms with Gasteiger partial charge in [0.1, 0.15) is 0 Å². The van der Waals surface area contributed by atoms with Crippen molar-refractivity contribution < 1.29 is 4.79 Å². The summed E-state index contributed by atoms with van der Waals surface area (Å²) in [6, 6.07) is 17.3. The molecule has 1 aliphatic rings. The van der Waals surface area contributed by atoms with Crippen LogP contribution in [0.1, 0.15) is 41.6 Å². The largest absolute Gasteiger partial charge is 0.343 e. The predicted molar refractivity (Wildman–Crippen MR) is 85.5 cm³/mol. The predicted octanol–water partition coefficient (Wildman–Crippen LogP) is 4.54. The van der Waals surface area contributed by atoms with E-state index in [1.54, 1.807) is 24.3 Å². The highest BCUT2D eigenvalue weighted by Gasteiger charge is 2.36. The lowest BCUT2D eigenvalue weighted by Crippen LogP contribution is -2.43. The van der Waals surface area contributed by atoms with Crippen LogP contribution in [0.5, 0.6) is 0 Å². The molecule has 0 aliphatic heterocycles. The highest BCUT2D eigenvalue weighted by Crippen LogP contribution is 2.38. The van der Waals surface area contributed by atoms with Crippen LogP contribution in [0.25, 0.3) is 0 Å². The molecule has 2 nitrogen and oxygen atoms in total. The van der Waals surface area contributed by atoms with Crippen LogP contribution in [0.4, 0.5) is 0 Å². The quantitative estimate of drug-likeness (QED) is 0.886. The molecule has 0 spiro atoms. The molecule has 2 aromatic carbocycles. The molecule has 1 N–H and O–H groups in total. The molecule has 108 valence electrons. The number of halogens is 1. The summed E-state index contributed by atoms with van der Waals surface area (Å²) in [5.74, 6) is -0.0302. The van der Waals surface area contributed by atoms with Crippen LogP contribution in [-0.4, -0.2) is 5.91 Å². The van der Waals surface area contributed by atoms with Gasteiger partial charge in [-0.3, -0.25) is 4.79 Å². The molecule has 1 saturated carbocycles. The molecule has 0 aromatic heterocycles. The number of hydrogen-bond acceptors (Lipinski definition) is 1. The Morgan fingerprint density at radius 1 is 0.952 bits per heavy atom. The van der Waals surface area contributed by atoms with E-state index in [2.05, 4.69) is 17.4 Å². The number of hydrogen-bond donors (Lipinski definition) is 1. The van der Waals surface area contributed by atoms with E-state index in [1.165, 1.54) is 5.56 Å². The van der Waals surface area contributed by atoms with Crippen molar-refractivity contribution in [1.29, 1.82) is 0 Å². The summed E-state index contributed by atoms with van der Waals surface area (Å²) in [6.45, 7) is 0. The van der Waals surface area contributed by atoms with Gasteiger partial charge in [0.25, 0.3) is 5.91 Å². The lowest BCUT2D eigenvalue weighted by molar-refractivity contribution is 0.0898. The minimum atomic E-state index is -0.224. The fourth-order valence-electron chi connectivity index (χ4n) is 3.11. The molecule has 3 rings (SSSR count). The molecule has 0 heterocycles. The monoisotopic (exact) mass is 299 g/mol. The second kappa shape index (κ2) is 5.90. The molecule has 0 unspecified atom stereocenters.